The van der Waals surface area contributed by atoms with E-state index in [0.717, 1.165) is 57.8 Å². The highest BCUT2D eigenvalue weighted by atomic mass is 31.2. The van der Waals surface area contributed by atoms with Crippen molar-refractivity contribution < 1.29 is 57.7 Å². The van der Waals surface area contributed by atoms with Gasteiger partial charge in [0.25, 0.3) is 0 Å². The normalized spacial score (nSPS) is 15.4. The van der Waals surface area contributed by atoms with Crippen LogP contribution in [0.15, 0.2) is 48.6 Å². The Bertz CT molecular complexity index is 1170. The summed E-state index contributed by atoms with van der Waals surface area (Å²) < 4.78 is 32.4. The van der Waals surface area contributed by atoms with E-state index in [0.29, 0.717) is 6.42 Å². The molecule has 0 aromatic carbocycles. The number of phosphoric ester groups is 1. The SMILES string of the molecule is CCCCC/C=C\C/C=C\C/C=C\CC(O)C(O)CCCC(=O)OC[C@H](COP(=O)(O)OC[C@H](N)C(=O)O)OC(=O)CCCCCCC/C=C\CCCCCC. The number of carboxylic acid groups (broad SMARTS) is 1. The van der Waals surface area contributed by atoms with E-state index >= 15 is 0 Å². The Hall–Kier alpha value is -2.64. The molecule has 0 aliphatic heterocycles. The lowest BCUT2D eigenvalue weighted by Crippen LogP contribution is -2.34. The summed E-state index contributed by atoms with van der Waals surface area (Å²) in [7, 11) is -4.78. The van der Waals surface area contributed by atoms with Gasteiger partial charge in [-0.3, -0.25) is 23.4 Å². The highest BCUT2D eigenvalue weighted by Crippen LogP contribution is 2.43. The van der Waals surface area contributed by atoms with Gasteiger partial charge in [0.05, 0.1) is 25.4 Å². The summed E-state index contributed by atoms with van der Waals surface area (Å²) in [5.41, 5.74) is 5.31. The van der Waals surface area contributed by atoms with Crippen molar-refractivity contribution >= 4 is 25.7 Å². The minimum Gasteiger partial charge on any atom is -0.480 e. The van der Waals surface area contributed by atoms with Gasteiger partial charge < -0.3 is 35.4 Å². The van der Waals surface area contributed by atoms with E-state index < -0.39 is 69.9 Å². The summed E-state index contributed by atoms with van der Waals surface area (Å²) in [5, 5.41) is 29.5. The Kier molecular flexibility index (Phi) is 35.0. The fourth-order valence-electron chi connectivity index (χ4n) is 5.28. The zero-order chi connectivity index (χ0) is 41.7. The number of nitrogens with two attached hydrogens (primary N) is 1. The van der Waals surface area contributed by atoms with Crippen molar-refractivity contribution in [3.05, 3.63) is 48.6 Å². The van der Waals surface area contributed by atoms with Crippen LogP contribution in [0.2, 0.25) is 0 Å². The highest BCUT2D eigenvalue weighted by Gasteiger charge is 2.28. The monoisotopic (exact) mass is 815 g/mol. The van der Waals surface area contributed by atoms with Gasteiger partial charge in [0.15, 0.2) is 6.10 Å². The molecule has 0 saturated carbocycles. The van der Waals surface area contributed by atoms with Gasteiger partial charge in [0.2, 0.25) is 0 Å². The molecule has 324 valence electrons. The van der Waals surface area contributed by atoms with Gasteiger partial charge >= 0.3 is 25.7 Å². The number of esters is 2. The van der Waals surface area contributed by atoms with Gasteiger partial charge in [0.1, 0.15) is 12.6 Å². The highest BCUT2D eigenvalue weighted by molar-refractivity contribution is 7.47. The Morgan fingerprint density at radius 1 is 0.625 bits per heavy atom. The minimum absolute atomic E-state index is 0.0891. The summed E-state index contributed by atoms with van der Waals surface area (Å²) in [6.07, 6.45) is 32.1. The molecule has 0 heterocycles. The van der Waals surface area contributed by atoms with Crippen LogP contribution >= 0.6 is 7.82 Å². The largest absolute Gasteiger partial charge is 0.480 e. The van der Waals surface area contributed by atoms with Crippen LogP contribution in [0.25, 0.3) is 0 Å². The van der Waals surface area contributed by atoms with Crippen LogP contribution in [0.1, 0.15) is 155 Å². The molecular formula is C42H74NO12P. The number of ether oxygens (including phenoxy) is 2. The molecule has 0 radical (unpaired) electrons. The van der Waals surface area contributed by atoms with Gasteiger partial charge in [-0.1, -0.05) is 114 Å². The fraction of sp³-hybridized carbons (Fsp3) is 0.738. The van der Waals surface area contributed by atoms with Crippen LogP contribution in [0.4, 0.5) is 0 Å². The van der Waals surface area contributed by atoms with E-state index in [-0.39, 0.29) is 32.1 Å². The smallest absolute Gasteiger partial charge is 0.472 e. The van der Waals surface area contributed by atoms with Crippen LogP contribution in [-0.2, 0) is 37.5 Å². The zero-order valence-corrected chi connectivity index (χ0v) is 35.1. The first-order chi connectivity index (χ1) is 26.9. The molecule has 13 nitrogen and oxygen atoms in total. The van der Waals surface area contributed by atoms with Crippen molar-refractivity contribution in [2.75, 3.05) is 19.8 Å². The molecule has 0 aliphatic carbocycles. The Morgan fingerprint density at radius 3 is 1.77 bits per heavy atom. The maximum absolute atomic E-state index is 12.6. The molecule has 0 rings (SSSR count). The molecule has 0 bridgehead atoms. The van der Waals surface area contributed by atoms with E-state index in [2.05, 4.69) is 48.8 Å². The first-order valence-electron chi connectivity index (χ1n) is 20.8. The van der Waals surface area contributed by atoms with Crippen molar-refractivity contribution in [3.63, 3.8) is 0 Å². The third-order valence-corrected chi connectivity index (χ3v) is 9.70. The number of aliphatic carboxylic acids is 1. The van der Waals surface area contributed by atoms with Gasteiger partial charge in [-0.2, -0.15) is 0 Å². The van der Waals surface area contributed by atoms with Crippen molar-refractivity contribution in [2.24, 2.45) is 5.73 Å². The number of carbonyl (C=O) groups excluding carboxylic acids is 2. The van der Waals surface area contributed by atoms with E-state index in [4.69, 9.17) is 24.8 Å². The molecule has 0 aliphatic rings. The number of carbonyl (C=O) groups is 3. The molecule has 56 heavy (non-hydrogen) atoms. The van der Waals surface area contributed by atoms with Crippen LogP contribution < -0.4 is 5.73 Å². The number of hydrogen-bond acceptors (Lipinski definition) is 11. The number of phosphoric acid groups is 1. The van der Waals surface area contributed by atoms with Crippen LogP contribution in [-0.4, -0.2) is 82.3 Å². The van der Waals surface area contributed by atoms with Crippen LogP contribution in [0.3, 0.4) is 0 Å². The Labute approximate surface area is 336 Å². The van der Waals surface area contributed by atoms with Gasteiger partial charge in [-0.25, -0.2) is 4.57 Å². The average Bonchev–Trinajstić information content (AvgIpc) is 3.16. The summed E-state index contributed by atoms with van der Waals surface area (Å²) >= 11 is 0. The first kappa shape index (κ1) is 53.4. The van der Waals surface area contributed by atoms with E-state index in [1.165, 1.54) is 44.9 Å². The predicted molar refractivity (Wildman–Crippen MR) is 220 cm³/mol. The van der Waals surface area contributed by atoms with Crippen LogP contribution in [0, 0.1) is 0 Å². The minimum atomic E-state index is -4.78. The lowest BCUT2D eigenvalue weighted by molar-refractivity contribution is -0.161. The number of unbranched alkanes of at least 4 members (excludes halogenated alkanes) is 12. The molecule has 5 atom stereocenters. The van der Waals surface area contributed by atoms with Gasteiger partial charge in [-0.15, -0.1) is 0 Å². The summed E-state index contributed by atoms with van der Waals surface area (Å²) in [6.45, 7) is 2.43. The molecule has 6 N–H and O–H groups in total. The third kappa shape index (κ3) is 34.6. The quantitative estimate of drug-likeness (QED) is 0.0171. The zero-order valence-electron chi connectivity index (χ0n) is 34.2. The number of hydrogen-bond donors (Lipinski definition) is 5. The second-order valence-corrected chi connectivity index (χ2v) is 15.5. The standard InChI is InChI=1S/C42H74NO12P/c1-3-5-7-9-11-13-15-17-19-21-23-25-27-31-41(47)55-36(34-53-56(50,51)54-35-37(43)42(48)49)33-52-40(46)32-28-30-39(45)38(44)29-26-24-22-20-18-16-14-12-10-8-6-4-2/h12-15,18,20,24,26,36-39,44-45H,3-11,16-17,19,21-23,25,27-35,43H2,1-2H3,(H,48,49)(H,50,51)/b14-12-,15-13-,20-18-,26-24-/t36-,37+,38?,39?/m1/s1. The van der Waals surface area contributed by atoms with Crippen molar-refractivity contribution in [2.45, 2.75) is 179 Å². The summed E-state index contributed by atoms with van der Waals surface area (Å²) in [5.74, 6) is -2.71. The lowest BCUT2D eigenvalue weighted by Gasteiger charge is -2.20. The van der Waals surface area contributed by atoms with Crippen LogP contribution in [0.5, 0.6) is 0 Å². The molecule has 0 fully saturated rings. The molecule has 0 aromatic heterocycles. The fourth-order valence-corrected chi connectivity index (χ4v) is 6.06. The van der Waals surface area contributed by atoms with Crippen molar-refractivity contribution in [1.82, 2.24) is 0 Å². The molecule has 0 aromatic rings. The topological polar surface area (TPSA) is 212 Å². The average molecular weight is 816 g/mol. The number of aliphatic hydroxyl groups excluding tert-OH is 2. The maximum Gasteiger partial charge on any atom is 0.472 e. The molecule has 0 amide bonds. The third-order valence-electron chi connectivity index (χ3n) is 8.75. The molecule has 0 saturated heterocycles. The van der Waals surface area contributed by atoms with Gasteiger partial charge in [0, 0.05) is 12.8 Å². The number of allylic oxidation sites excluding steroid dienone is 7. The van der Waals surface area contributed by atoms with Crippen molar-refractivity contribution in [1.29, 1.82) is 0 Å². The van der Waals surface area contributed by atoms with Crippen molar-refractivity contribution in [3.8, 4) is 0 Å². The Morgan fingerprint density at radius 2 is 1.12 bits per heavy atom. The second kappa shape index (κ2) is 36.7. The van der Waals surface area contributed by atoms with E-state index in [1.54, 1.807) is 0 Å². The second-order valence-electron chi connectivity index (χ2n) is 14.1. The Balaban J connectivity index is 4.65. The van der Waals surface area contributed by atoms with E-state index in [1.807, 2.05) is 18.2 Å². The van der Waals surface area contributed by atoms with Gasteiger partial charge in [-0.05, 0) is 77.0 Å². The number of aliphatic hydroxyl groups is 2. The number of carboxylic acids is 1. The number of rotatable bonds is 38. The van der Waals surface area contributed by atoms with E-state index in [9.17, 15) is 34.1 Å². The first-order valence-corrected chi connectivity index (χ1v) is 22.3. The lowest BCUT2D eigenvalue weighted by atomic mass is 10.0. The predicted octanol–water partition coefficient (Wildman–Crippen LogP) is 8.56. The summed E-state index contributed by atoms with van der Waals surface area (Å²) in [6, 6.07) is -1.56. The molecule has 0 spiro atoms. The molecule has 3 unspecified atom stereocenters. The molecule has 14 heteroatoms. The molecular weight excluding hydrogens is 741 g/mol. The maximum atomic E-state index is 12.6. The summed E-state index contributed by atoms with van der Waals surface area (Å²) in [4.78, 5) is 45.9.